The fourth-order valence-electron chi connectivity index (χ4n) is 4.95. The van der Waals surface area contributed by atoms with E-state index in [2.05, 4.69) is 17.1 Å². The Morgan fingerprint density at radius 1 is 0.381 bits per heavy atom. The van der Waals surface area contributed by atoms with Crippen LogP contribution in [-0.4, -0.2) is 4.98 Å². The third kappa shape index (κ3) is 5.63. The van der Waals surface area contributed by atoms with Crippen molar-refractivity contribution in [2.24, 2.45) is 0 Å². The molecule has 1 nitrogen and oxygen atoms in total. The molecule has 0 fully saturated rings. The van der Waals surface area contributed by atoms with Crippen LogP contribution in [0.2, 0.25) is 0 Å². The summed E-state index contributed by atoms with van der Waals surface area (Å²) in [6.45, 7) is 0. The van der Waals surface area contributed by atoms with Crippen molar-refractivity contribution < 1.29 is 26.3 Å². The Morgan fingerprint density at radius 2 is 0.833 bits per heavy atom. The third-order valence-electron chi connectivity index (χ3n) is 7.16. The molecule has 0 saturated heterocycles. The molecule has 0 aliphatic rings. The Hall–Kier alpha value is -4.91. The van der Waals surface area contributed by atoms with Gasteiger partial charge in [0.2, 0.25) is 0 Å². The van der Waals surface area contributed by atoms with Crippen molar-refractivity contribution in [3.05, 3.63) is 139 Å². The van der Waals surface area contributed by atoms with Gasteiger partial charge in [0, 0.05) is 11.8 Å². The van der Waals surface area contributed by atoms with Crippen LogP contribution in [0.4, 0.5) is 26.3 Å². The van der Waals surface area contributed by atoms with Gasteiger partial charge in [0.05, 0.1) is 16.8 Å². The maximum Gasteiger partial charge on any atom is 0.416 e. The lowest BCUT2D eigenvalue weighted by Crippen LogP contribution is -2.11. The summed E-state index contributed by atoms with van der Waals surface area (Å²) < 4.78 is 79.9. The van der Waals surface area contributed by atoms with E-state index in [1.54, 1.807) is 18.3 Å². The summed E-state index contributed by atoms with van der Waals surface area (Å²) in [6, 6.07) is 34.1. The molecule has 1 heterocycles. The second-order valence-electron chi connectivity index (χ2n) is 9.94. The first-order chi connectivity index (χ1) is 20.0. The Labute approximate surface area is 237 Å². The molecule has 42 heavy (non-hydrogen) atoms. The molecular weight excluding hydrogens is 548 g/mol. The zero-order valence-electron chi connectivity index (χ0n) is 21.8. The Morgan fingerprint density at radius 3 is 1.29 bits per heavy atom. The summed E-state index contributed by atoms with van der Waals surface area (Å²) in [7, 11) is 0. The monoisotopic (exact) mass is 569 g/mol. The van der Waals surface area contributed by atoms with E-state index in [0.29, 0.717) is 0 Å². The summed E-state index contributed by atoms with van der Waals surface area (Å²) in [6.07, 6.45) is -8.05. The van der Waals surface area contributed by atoms with Gasteiger partial charge in [0.15, 0.2) is 0 Å². The molecule has 0 amide bonds. The second-order valence-corrected chi connectivity index (χ2v) is 9.94. The minimum Gasteiger partial charge on any atom is -0.256 e. The molecule has 6 aromatic rings. The van der Waals surface area contributed by atoms with Crippen LogP contribution in [0.5, 0.6) is 0 Å². The molecule has 0 saturated carbocycles. The van der Waals surface area contributed by atoms with Crippen LogP contribution in [0.3, 0.4) is 0 Å². The van der Waals surface area contributed by atoms with E-state index in [0.717, 1.165) is 56.4 Å². The number of pyridine rings is 1. The van der Waals surface area contributed by atoms with E-state index >= 15 is 0 Å². The van der Waals surface area contributed by atoms with E-state index in [1.807, 2.05) is 66.7 Å². The van der Waals surface area contributed by atoms with Gasteiger partial charge in [-0.15, -0.1) is 0 Å². The SMILES string of the molecule is FC(F)(F)c1cc(-c2ccc(-c3ccc4ccc(-c5ccc(-c6ccccn6)cc5)cc4c3)cc2)cc(C(F)(F)F)c1. The molecule has 0 spiro atoms. The number of hydrogen-bond donors (Lipinski definition) is 0. The molecule has 5 aromatic carbocycles. The van der Waals surface area contributed by atoms with Gasteiger partial charge in [-0.3, -0.25) is 4.98 Å². The Kier molecular flexibility index (Phi) is 6.81. The number of hydrogen-bond acceptors (Lipinski definition) is 1. The first-order valence-corrected chi connectivity index (χ1v) is 13.0. The van der Waals surface area contributed by atoms with E-state index in [4.69, 9.17) is 0 Å². The van der Waals surface area contributed by atoms with Crippen molar-refractivity contribution >= 4 is 10.8 Å². The maximum absolute atomic E-state index is 13.3. The lowest BCUT2D eigenvalue weighted by atomic mass is 9.95. The van der Waals surface area contributed by atoms with E-state index in [9.17, 15) is 26.3 Å². The summed E-state index contributed by atoms with van der Waals surface area (Å²) in [5, 5.41) is 2.03. The Bertz CT molecular complexity index is 1840. The van der Waals surface area contributed by atoms with E-state index in [1.165, 1.54) is 12.1 Å². The van der Waals surface area contributed by atoms with E-state index < -0.39 is 23.5 Å². The molecule has 0 aliphatic heterocycles. The van der Waals surface area contributed by atoms with Crippen LogP contribution in [0, 0.1) is 0 Å². The lowest BCUT2D eigenvalue weighted by molar-refractivity contribution is -0.143. The molecule has 0 N–H and O–H groups in total. The fourth-order valence-corrected chi connectivity index (χ4v) is 4.95. The van der Waals surface area contributed by atoms with Gasteiger partial charge in [-0.2, -0.15) is 26.3 Å². The number of nitrogens with zero attached hydrogens (tertiary/aromatic N) is 1. The second kappa shape index (κ2) is 10.5. The highest BCUT2D eigenvalue weighted by molar-refractivity contribution is 5.91. The highest BCUT2D eigenvalue weighted by Crippen LogP contribution is 2.39. The zero-order valence-corrected chi connectivity index (χ0v) is 21.8. The lowest BCUT2D eigenvalue weighted by Gasteiger charge is -2.14. The number of halogens is 6. The highest BCUT2D eigenvalue weighted by atomic mass is 19.4. The van der Waals surface area contributed by atoms with Gasteiger partial charge in [-0.1, -0.05) is 78.9 Å². The third-order valence-corrected chi connectivity index (χ3v) is 7.16. The van der Waals surface area contributed by atoms with Crippen molar-refractivity contribution in [2.75, 3.05) is 0 Å². The summed E-state index contributed by atoms with van der Waals surface area (Å²) >= 11 is 0. The highest BCUT2D eigenvalue weighted by Gasteiger charge is 2.37. The predicted octanol–water partition coefficient (Wildman–Crippen LogP) is 10.9. The van der Waals surface area contributed by atoms with Crippen LogP contribution in [0.1, 0.15) is 11.1 Å². The first kappa shape index (κ1) is 27.3. The molecule has 208 valence electrons. The van der Waals surface area contributed by atoms with Gasteiger partial charge >= 0.3 is 12.4 Å². The molecule has 0 aliphatic carbocycles. The number of rotatable bonds is 4. The minimum atomic E-state index is -4.90. The quantitative estimate of drug-likeness (QED) is 0.193. The molecular formula is C35H21F6N. The first-order valence-electron chi connectivity index (χ1n) is 13.0. The Balaban J connectivity index is 1.30. The van der Waals surface area contributed by atoms with E-state index in [-0.39, 0.29) is 17.2 Å². The van der Waals surface area contributed by atoms with Crippen molar-refractivity contribution in [1.29, 1.82) is 0 Å². The smallest absolute Gasteiger partial charge is 0.256 e. The number of aromatic nitrogens is 1. The zero-order chi connectivity index (χ0) is 29.5. The molecule has 6 rings (SSSR count). The van der Waals surface area contributed by atoms with Crippen molar-refractivity contribution in [3.8, 4) is 44.6 Å². The van der Waals surface area contributed by atoms with Crippen LogP contribution in [0.25, 0.3) is 55.4 Å². The van der Waals surface area contributed by atoms with Crippen molar-refractivity contribution in [3.63, 3.8) is 0 Å². The molecule has 0 bridgehead atoms. The van der Waals surface area contributed by atoms with Gasteiger partial charge in [-0.25, -0.2) is 0 Å². The van der Waals surface area contributed by atoms with Gasteiger partial charge in [-0.05, 0) is 86.6 Å². The normalized spacial score (nSPS) is 12.0. The summed E-state index contributed by atoms with van der Waals surface area (Å²) in [5.74, 6) is 0. The predicted molar refractivity (Wildman–Crippen MR) is 153 cm³/mol. The molecule has 1 aromatic heterocycles. The van der Waals surface area contributed by atoms with Gasteiger partial charge < -0.3 is 0 Å². The largest absolute Gasteiger partial charge is 0.416 e. The average molecular weight is 570 g/mol. The molecule has 0 unspecified atom stereocenters. The van der Waals surface area contributed by atoms with Crippen LogP contribution in [-0.2, 0) is 12.4 Å². The maximum atomic E-state index is 13.3. The van der Waals surface area contributed by atoms with Crippen LogP contribution >= 0.6 is 0 Å². The van der Waals surface area contributed by atoms with Gasteiger partial charge in [0.25, 0.3) is 0 Å². The summed E-state index contributed by atoms with van der Waals surface area (Å²) in [4.78, 5) is 4.39. The standard InChI is InChI=1S/C35H21F6N/c36-34(37,38)31-19-30(20-32(21-31)35(39,40)41)25-6-4-22(5-7-25)27-14-10-24-11-15-28(18-29(24)17-27)23-8-12-26(13-9-23)33-3-1-2-16-42-33/h1-21H. The summed E-state index contributed by atoms with van der Waals surface area (Å²) in [5.41, 5.74) is 3.08. The number of alkyl halides is 6. The molecule has 0 radical (unpaired) electrons. The number of benzene rings is 5. The average Bonchev–Trinajstić information content (AvgIpc) is 3.00. The van der Waals surface area contributed by atoms with Crippen LogP contribution in [0.15, 0.2) is 128 Å². The minimum absolute atomic E-state index is 0.135. The van der Waals surface area contributed by atoms with Crippen molar-refractivity contribution in [1.82, 2.24) is 4.98 Å². The fraction of sp³-hybridized carbons (Fsp3) is 0.0571. The van der Waals surface area contributed by atoms with Crippen LogP contribution < -0.4 is 0 Å². The molecule has 0 atom stereocenters. The number of fused-ring (bicyclic) bond motifs is 1. The van der Waals surface area contributed by atoms with Crippen molar-refractivity contribution in [2.45, 2.75) is 12.4 Å². The van der Waals surface area contributed by atoms with Gasteiger partial charge in [0.1, 0.15) is 0 Å². The topological polar surface area (TPSA) is 12.9 Å². The molecule has 7 heteroatoms.